The average molecular weight is 392 g/mol. The van der Waals surface area contributed by atoms with Gasteiger partial charge < -0.3 is 15.1 Å². The van der Waals surface area contributed by atoms with Crippen molar-refractivity contribution in [1.82, 2.24) is 0 Å². The quantitative estimate of drug-likeness (QED) is 0.778. The number of nitrogens with zero attached hydrogens (tertiary/aromatic N) is 2. The minimum atomic E-state index is -0.162. The Labute approximate surface area is 173 Å². The van der Waals surface area contributed by atoms with Gasteiger partial charge in [0, 0.05) is 41.6 Å². The molecule has 0 saturated carbocycles. The van der Waals surface area contributed by atoms with Crippen molar-refractivity contribution in [3.8, 4) is 0 Å². The topological polar surface area (TPSA) is 46.7 Å². The molecule has 2 aromatic rings. The van der Waals surface area contributed by atoms with E-state index in [4.69, 9.17) is 0 Å². The van der Waals surface area contributed by atoms with Gasteiger partial charge in [0.2, 0.25) is 5.69 Å². The number of fused-ring (bicyclic) bond motifs is 2. The molecule has 0 saturated heterocycles. The lowest BCUT2D eigenvalue weighted by Crippen LogP contribution is -2.31. The Hall–Kier alpha value is -2.43. The van der Waals surface area contributed by atoms with Crippen LogP contribution in [0, 0.1) is 0 Å². The van der Waals surface area contributed by atoms with Gasteiger partial charge in [0.05, 0.1) is 18.6 Å². The molecular weight excluding hydrogens is 360 g/mol. The number of rotatable bonds is 3. The molecule has 2 aliphatic rings. The van der Waals surface area contributed by atoms with E-state index in [9.17, 15) is 10.2 Å². The molecule has 2 aromatic carbocycles. The number of benzene rings is 2. The molecule has 4 nitrogen and oxygen atoms in total. The highest BCUT2D eigenvalue weighted by Crippen LogP contribution is 2.48. The van der Waals surface area contributed by atoms with Crippen LogP contribution in [0.15, 0.2) is 48.2 Å². The molecule has 0 radical (unpaired) electrons. The van der Waals surface area contributed by atoms with E-state index >= 15 is 0 Å². The zero-order valence-electron chi connectivity index (χ0n) is 18.2. The third kappa shape index (κ3) is 2.77. The SMILES string of the molecule is CN1C(=CC2=[N+](C)c3ccc(CO)cc3C2(C)C)C(C)(C)c2cc(CO)ccc21. The first-order chi connectivity index (χ1) is 13.6. The fourth-order valence-corrected chi connectivity index (χ4v) is 5.01. The van der Waals surface area contributed by atoms with Crippen LogP contribution in [-0.4, -0.2) is 34.6 Å². The number of hydrogen-bond acceptors (Lipinski definition) is 3. The van der Waals surface area contributed by atoms with Crippen molar-refractivity contribution in [2.75, 3.05) is 19.0 Å². The van der Waals surface area contributed by atoms with Crippen LogP contribution in [0.2, 0.25) is 0 Å². The van der Waals surface area contributed by atoms with Crippen LogP contribution in [-0.2, 0) is 24.0 Å². The van der Waals surface area contributed by atoms with Crippen molar-refractivity contribution in [2.24, 2.45) is 0 Å². The molecule has 0 spiro atoms. The van der Waals surface area contributed by atoms with Gasteiger partial charge in [0.1, 0.15) is 7.05 Å². The largest absolute Gasteiger partial charge is 0.392 e. The molecule has 2 N–H and O–H groups in total. The standard InChI is InChI=1S/C25H31N2O2/c1-24(2)18-11-16(14-28)7-9-20(18)26(5)22(24)13-23-25(3,4)19-12-17(15-29)8-10-21(19)27(23)6/h7-13,28-29H,14-15H2,1-6H3/q+1. The van der Waals surface area contributed by atoms with Gasteiger partial charge in [-0.1, -0.05) is 32.0 Å². The van der Waals surface area contributed by atoms with Crippen LogP contribution in [0.3, 0.4) is 0 Å². The number of hydrogen-bond donors (Lipinski definition) is 2. The molecule has 0 aromatic heterocycles. The summed E-state index contributed by atoms with van der Waals surface area (Å²) in [5, 5.41) is 19.2. The van der Waals surface area contributed by atoms with Crippen molar-refractivity contribution in [3.05, 3.63) is 70.4 Å². The maximum Gasteiger partial charge on any atom is 0.209 e. The second kappa shape index (κ2) is 6.54. The molecule has 0 fully saturated rings. The first-order valence-corrected chi connectivity index (χ1v) is 10.2. The van der Waals surface area contributed by atoms with E-state index < -0.39 is 0 Å². The van der Waals surface area contributed by atoms with Gasteiger partial charge in [-0.2, -0.15) is 4.58 Å². The summed E-state index contributed by atoms with van der Waals surface area (Å²) in [4.78, 5) is 2.27. The Balaban J connectivity index is 1.85. The molecular formula is C25H31N2O2+. The van der Waals surface area contributed by atoms with Gasteiger partial charge in [-0.15, -0.1) is 0 Å². The van der Waals surface area contributed by atoms with Gasteiger partial charge in [0.25, 0.3) is 0 Å². The third-order valence-electron chi connectivity index (χ3n) is 6.83. The number of aliphatic hydroxyl groups excluding tert-OH is 2. The monoisotopic (exact) mass is 391 g/mol. The Morgan fingerprint density at radius 2 is 1.48 bits per heavy atom. The summed E-state index contributed by atoms with van der Waals surface area (Å²) in [7, 11) is 4.25. The van der Waals surface area contributed by atoms with Crippen molar-refractivity contribution < 1.29 is 14.8 Å². The highest BCUT2D eigenvalue weighted by Gasteiger charge is 2.46. The number of anilines is 1. The summed E-state index contributed by atoms with van der Waals surface area (Å²) in [6.07, 6.45) is 2.33. The minimum absolute atomic E-state index is 0.0573. The normalized spacial score (nSPS) is 20.4. The van der Waals surface area contributed by atoms with Crippen LogP contribution >= 0.6 is 0 Å². The second-order valence-corrected chi connectivity index (χ2v) is 9.30. The van der Waals surface area contributed by atoms with E-state index in [1.54, 1.807) is 0 Å². The van der Waals surface area contributed by atoms with Crippen LogP contribution < -0.4 is 4.90 Å². The Bertz CT molecular complexity index is 1060. The van der Waals surface area contributed by atoms with Crippen LogP contribution in [0.1, 0.15) is 49.9 Å². The first kappa shape index (κ1) is 19.9. The predicted octanol–water partition coefficient (Wildman–Crippen LogP) is 3.99. The maximum atomic E-state index is 9.59. The molecule has 2 heterocycles. The lowest BCUT2D eigenvalue weighted by atomic mass is 9.78. The van der Waals surface area contributed by atoms with E-state index in [1.807, 2.05) is 12.1 Å². The summed E-state index contributed by atoms with van der Waals surface area (Å²) in [5.74, 6) is 0. The van der Waals surface area contributed by atoms with Gasteiger partial charge in [-0.25, -0.2) is 0 Å². The summed E-state index contributed by atoms with van der Waals surface area (Å²) in [6, 6.07) is 12.5. The molecule has 2 aliphatic heterocycles. The van der Waals surface area contributed by atoms with Gasteiger partial charge in [-0.05, 0) is 42.7 Å². The average Bonchev–Trinajstić information content (AvgIpc) is 3.01. The van der Waals surface area contributed by atoms with Crippen LogP contribution in [0.4, 0.5) is 11.4 Å². The molecule has 0 bridgehead atoms. The Kier molecular flexibility index (Phi) is 4.48. The predicted molar refractivity (Wildman–Crippen MR) is 118 cm³/mol. The molecule has 4 rings (SSSR count). The fourth-order valence-electron chi connectivity index (χ4n) is 5.01. The molecule has 4 heteroatoms. The van der Waals surface area contributed by atoms with Crippen LogP contribution in [0.5, 0.6) is 0 Å². The summed E-state index contributed by atoms with van der Waals surface area (Å²) in [6.45, 7) is 9.12. The van der Waals surface area contributed by atoms with E-state index in [0.29, 0.717) is 0 Å². The highest BCUT2D eigenvalue weighted by atomic mass is 16.3. The summed E-state index contributed by atoms with van der Waals surface area (Å²) in [5.41, 5.74) is 8.93. The van der Waals surface area contributed by atoms with Gasteiger partial charge in [0.15, 0.2) is 5.71 Å². The van der Waals surface area contributed by atoms with Crippen molar-refractivity contribution >= 4 is 17.1 Å². The first-order valence-electron chi connectivity index (χ1n) is 10.2. The number of allylic oxidation sites excluding steroid dienone is 2. The third-order valence-corrected chi connectivity index (χ3v) is 6.83. The highest BCUT2D eigenvalue weighted by molar-refractivity contribution is 6.04. The summed E-state index contributed by atoms with van der Waals surface area (Å²) < 4.78 is 2.27. The van der Waals surface area contributed by atoms with E-state index in [2.05, 4.69) is 81.6 Å². The fraction of sp³-hybridized carbons (Fsp3) is 0.400. The molecule has 0 amide bonds. The van der Waals surface area contributed by atoms with E-state index in [1.165, 1.54) is 33.9 Å². The van der Waals surface area contributed by atoms with Crippen molar-refractivity contribution in [1.29, 1.82) is 0 Å². The van der Waals surface area contributed by atoms with Gasteiger partial charge in [-0.3, -0.25) is 0 Å². The van der Waals surface area contributed by atoms with Gasteiger partial charge >= 0.3 is 0 Å². The summed E-state index contributed by atoms with van der Waals surface area (Å²) >= 11 is 0. The lowest BCUT2D eigenvalue weighted by molar-refractivity contribution is -0.401. The zero-order valence-corrected chi connectivity index (χ0v) is 18.2. The Morgan fingerprint density at radius 3 is 2.10 bits per heavy atom. The van der Waals surface area contributed by atoms with E-state index in [0.717, 1.165) is 11.1 Å². The van der Waals surface area contributed by atoms with Crippen LogP contribution in [0.25, 0.3) is 0 Å². The molecule has 0 atom stereocenters. The molecule has 29 heavy (non-hydrogen) atoms. The molecule has 0 unspecified atom stereocenters. The molecule has 0 aliphatic carbocycles. The minimum Gasteiger partial charge on any atom is -0.392 e. The number of likely N-dealkylation sites (N-methyl/N-ethyl adjacent to an activating group) is 1. The van der Waals surface area contributed by atoms with E-state index in [-0.39, 0.29) is 24.0 Å². The zero-order chi connectivity index (χ0) is 21.1. The second-order valence-electron chi connectivity index (χ2n) is 9.30. The molecule has 152 valence electrons. The maximum absolute atomic E-state index is 9.59. The lowest BCUT2D eigenvalue weighted by Gasteiger charge is -2.25. The van der Waals surface area contributed by atoms with Crippen molar-refractivity contribution in [2.45, 2.75) is 51.7 Å². The smallest absolute Gasteiger partial charge is 0.209 e. The Morgan fingerprint density at radius 1 is 0.897 bits per heavy atom. The number of aliphatic hydroxyl groups is 2. The van der Waals surface area contributed by atoms with Crippen molar-refractivity contribution in [3.63, 3.8) is 0 Å².